The molecule has 0 spiro atoms. The van der Waals surface area contributed by atoms with Crippen LogP contribution in [0.2, 0.25) is 0 Å². The molecule has 6 nitrogen and oxygen atoms in total. The topological polar surface area (TPSA) is 68.8 Å². The number of methoxy groups -OCH3 is 3. The van der Waals surface area contributed by atoms with E-state index in [2.05, 4.69) is 30.5 Å². The average Bonchev–Trinajstić information content (AvgIpc) is 2.65. The van der Waals surface area contributed by atoms with Crippen LogP contribution in [0.5, 0.6) is 17.2 Å². The van der Waals surface area contributed by atoms with Crippen LogP contribution in [0.4, 0.5) is 11.4 Å². The number of carbonyl (C=O) groups excluding carboxylic acids is 1. The number of hydrogen-bond donors (Lipinski definition) is 2. The number of amides is 1. The fourth-order valence-electron chi connectivity index (χ4n) is 2.94. The minimum atomic E-state index is -0.165. The molecule has 0 saturated heterocycles. The van der Waals surface area contributed by atoms with Crippen LogP contribution in [0, 0.1) is 6.92 Å². The second-order valence-electron chi connectivity index (χ2n) is 6.51. The summed E-state index contributed by atoms with van der Waals surface area (Å²) in [6, 6.07) is 9.55. The molecule has 27 heavy (non-hydrogen) atoms. The highest BCUT2D eigenvalue weighted by Gasteiger charge is 2.15. The van der Waals surface area contributed by atoms with Crippen molar-refractivity contribution < 1.29 is 19.0 Å². The molecular formula is C21H28N2O4. The molecule has 0 heterocycles. The zero-order valence-corrected chi connectivity index (χ0v) is 16.8. The number of nitrogens with one attached hydrogen (secondary N) is 2. The predicted octanol–water partition coefficient (Wildman–Crippen LogP) is 4.19. The Bertz CT molecular complexity index is 778. The fourth-order valence-corrected chi connectivity index (χ4v) is 2.94. The van der Waals surface area contributed by atoms with Crippen molar-refractivity contribution >= 4 is 17.3 Å². The predicted molar refractivity (Wildman–Crippen MR) is 108 cm³/mol. The molecule has 2 aromatic carbocycles. The van der Waals surface area contributed by atoms with Crippen molar-refractivity contribution in [1.29, 1.82) is 0 Å². The number of rotatable bonds is 8. The third-order valence-corrected chi connectivity index (χ3v) is 4.30. The van der Waals surface area contributed by atoms with Crippen molar-refractivity contribution in [1.82, 2.24) is 0 Å². The molecule has 2 aromatic rings. The summed E-state index contributed by atoms with van der Waals surface area (Å²) in [5.74, 6) is 1.66. The maximum atomic E-state index is 12.4. The maximum Gasteiger partial charge on any atom is 0.243 e. The summed E-state index contributed by atoms with van der Waals surface area (Å²) >= 11 is 0. The van der Waals surface area contributed by atoms with E-state index in [1.807, 2.05) is 19.1 Å². The third-order valence-electron chi connectivity index (χ3n) is 4.30. The highest BCUT2D eigenvalue weighted by molar-refractivity contribution is 5.94. The summed E-state index contributed by atoms with van der Waals surface area (Å²) in [5, 5.41) is 6.13. The van der Waals surface area contributed by atoms with Gasteiger partial charge < -0.3 is 24.8 Å². The van der Waals surface area contributed by atoms with Crippen LogP contribution in [-0.2, 0) is 4.79 Å². The van der Waals surface area contributed by atoms with Gasteiger partial charge in [-0.05, 0) is 24.0 Å². The number of aryl methyl sites for hydroxylation is 1. The standard InChI is InChI=1S/C21H28N2O4/c1-13(2)16-9-7-8-14(3)20(16)22-12-19(24)23-15-10-17(25-4)21(27-6)18(11-15)26-5/h7-11,13,22H,12H2,1-6H3,(H,23,24). The molecular weight excluding hydrogens is 344 g/mol. The van der Waals surface area contributed by atoms with Gasteiger partial charge in [0, 0.05) is 23.5 Å². The van der Waals surface area contributed by atoms with Crippen molar-refractivity contribution in [2.45, 2.75) is 26.7 Å². The van der Waals surface area contributed by atoms with Crippen molar-refractivity contribution in [3.05, 3.63) is 41.5 Å². The monoisotopic (exact) mass is 372 g/mol. The summed E-state index contributed by atoms with van der Waals surface area (Å²) in [6.45, 7) is 6.46. The molecule has 0 aromatic heterocycles. The zero-order chi connectivity index (χ0) is 20.0. The summed E-state index contributed by atoms with van der Waals surface area (Å²) in [5.41, 5.74) is 3.88. The van der Waals surface area contributed by atoms with E-state index in [4.69, 9.17) is 14.2 Å². The Morgan fingerprint density at radius 3 is 2.19 bits per heavy atom. The van der Waals surface area contributed by atoms with Gasteiger partial charge in [-0.15, -0.1) is 0 Å². The smallest absolute Gasteiger partial charge is 0.243 e. The van der Waals surface area contributed by atoms with Gasteiger partial charge >= 0.3 is 0 Å². The lowest BCUT2D eigenvalue weighted by molar-refractivity contribution is -0.114. The minimum absolute atomic E-state index is 0.154. The first-order valence-electron chi connectivity index (χ1n) is 8.84. The first kappa shape index (κ1) is 20.4. The highest BCUT2D eigenvalue weighted by atomic mass is 16.5. The van der Waals surface area contributed by atoms with Gasteiger partial charge in [-0.3, -0.25) is 4.79 Å². The van der Waals surface area contributed by atoms with E-state index in [-0.39, 0.29) is 12.5 Å². The van der Waals surface area contributed by atoms with Gasteiger partial charge in [0.2, 0.25) is 11.7 Å². The second-order valence-corrected chi connectivity index (χ2v) is 6.51. The lowest BCUT2D eigenvalue weighted by Crippen LogP contribution is -2.22. The lowest BCUT2D eigenvalue weighted by Gasteiger charge is -2.18. The van der Waals surface area contributed by atoms with E-state index < -0.39 is 0 Å². The van der Waals surface area contributed by atoms with Gasteiger partial charge in [0.05, 0.1) is 27.9 Å². The van der Waals surface area contributed by atoms with Gasteiger partial charge in [-0.1, -0.05) is 32.0 Å². The van der Waals surface area contributed by atoms with Gasteiger partial charge in [-0.25, -0.2) is 0 Å². The molecule has 0 radical (unpaired) electrons. The summed E-state index contributed by atoms with van der Waals surface area (Å²) in [7, 11) is 4.61. The number of anilines is 2. The Morgan fingerprint density at radius 1 is 1.04 bits per heavy atom. The van der Waals surface area contributed by atoms with Crippen molar-refractivity contribution in [2.24, 2.45) is 0 Å². The largest absolute Gasteiger partial charge is 0.493 e. The molecule has 2 N–H and O–H groups in total. The van der Waals surface area contributed by atoms with E-state index in [0.29, 0.717) is 28.9 Å². The SMILES string of the molecule is COc1cc(NC(=O)CNc2c(C)cccc2C(C)C)cc(OC)c1OC. The van der Waals surface area contributed by atoms with Gasteiger partial charge in [0.15, 0.2) is 11.5 Å². The van der Waals surface area contributed by atoms with Crippen LogP contribution in [0.3, 0.4) is 0 Å². The number of ether oxygens (including phenoxy) is 3. The fraction of sp³-hybridized carbons (Fsp3) is 0.381. The normalized spacial score (nSPS) is 10.5. The van der Waals surface area contributed by atoms with Crippen molar-refractivity contribution in [3.8, 4) is 17.2 Å². The Morgan fingerprint density at radius 2 is 1.67 bits per heavy atom. The zero-order valence-electron chi connectivity index (χ0n) is 16.8. The van der Waals surface area contributed by atoms with Gasteiger partial charge in [-0.2, -0.15) is 0 Å². The van der Waals surface area contributed by atoms with Crippen LogP contribution >= 0.6 is 0 Å². The van der Waals surface area contributed by atoms with E-state index in [9.17, 15) is 4.79 Å². The molecule has 0 atom stereocenters. The summed E-state index contributed by atoms with van der Waals surface area (Å²) < 4.78 is 15.9. The molecule has 0 aliphatic heterocycles. The quantitative estimate of drug-likeness (QED) is 0.727. The number of carbonyl (C=O) groups is 1. The Hall–Kier alpha value is -2.89. The molecule has 0 unspecified atom stereocenters. The molecule has 0 saturated carbocycles. The molecule has 0 aliphatic rings. The first-order valence-corrected chi connectivity index (χ1v) is 8.84. The first-order chi connectivity index (χ1) is 12.9. The van der Waals surface area contributed by atoms with Crippen molar-refractivity contribution in [3.63, 3.8) is 0 Å². The molecule has 2 rings (SSSR count). The molecule has 0 fully saturated rings. The molecule has 1 amide bonds. The molecule has 0 aliphatic carbocycles. The average molecular weight is 372 g/mol. The third kappa shape index (κ3) is 4.84. The maximum absolute atomic E-state index is 12.4. The molecule has 0 bridgehead atoms. The number of hydrogen-bond acceptors (Lipinski definition) is 5. The molecule has 146 valence electrons. The van der Waals surface area contributed by atoms with Crippen LogP contribution in [0.15, 0.2) is 30.3 Å². The Balaban J connectivity index is 2.13. The Kier molecular flexibility index (Phi) is 6.93. The molecule has 6 heteroatoms. The summed E-state index contributed by atoms with van der Waals surface area (Å²) in [4.78, 5) is 12.4. The highest BCUT2D eigenvalue weighted by Crippen LogP contribution is 2.39. The van der Waals surface area contributed by atoms with Gasteiger partial charge in [0.25, 0.3) is 0 Å². The lowest BCUT2D eigenvalue weighted by atomic mass is 9.98. The minimum Gasteiger partial charge on any atom is -0.493 e. The van der Waals surface area contributed by atoms with Crippen LogP contribution < -0.4 is 24.8 Å². The number of para-hydroxylation sites is 1. The van der Waals surface area contributed by atoms with E-state index in [1.54, 1.807) is 12.1 Å². The Labute approximate surface area is 160 Å². The van der Waals surface area contributed by atoms with Gasteiger partial charge in [0.1, 0.15) is 0 Å². The van der Waals surface area contributed by atoms with Crippen molar-refractivity contribution in [2.75, 3.05) is 38.5 Å². The van der Waals surface area contributed by atoms with Crippen LogP contribution in [0.25, 0.3) is 0 Å². The number of benzene rings is 2. The van der Waals surface area contributed by atoms with E-state index >= 15 is 0 Å². The van der Waals surface area contributed by atoms with Crippen LogP contribution in [0.1, 0.15) is 30.9 Å². The van der Waals surface area contributed by atoms with Crippen LogP contribution in [-0.4, -0.2) is 33.8 Å². The second kappa shape index (κ2) is 9.16. The van der Waals surface area contributed by atoms with E-state index in [1.165, 1.54) is 26.9 Å². The summed E-state index contributed by atoms with van der Waals surface area (Å²) in [6.07, 6.45) is 0. The van der Waals surface area contributed by atoms with E-state index in [0.717, 1.165) is 11.3 Å².